The Labute approximate surface area is 348 Å². The summed E-state index contributed by atoms with van der Waals surface area (Å²) in [5, 5.41) is 4.23. The highest BCUT2D eigenvalue weighted by Gasteiger charge is 2.19. The van der Waals surface area contributed by atoms with Crippen LogP contribution in [0.3, 0.4) is 0 Å². The first kappa shape index (κ1) is 34.5. The minimum Gasteiger partial charge on any atom is -0.456 e. The largest absolute Gasteiger partial charge is 0.456 e. The number of hydrogen-bond acceptors (Lipinski definition) is 9. The van der Waals surface area contributed by atoms with Crippen molar-refractivity contribution in [3.8, 4) is 22.9 Å². The molecule has 5 aromatic heterocycles. The number of rotatable bonds is 8. The van der Waals surface area contributed by atoms with E-state index in [1.807, 2.05) is 115 Å². The zero-order chi connectivity index (χ0) is 40.3. The molecule has 0 aliphatic heterocycles. The standard InChI is InChI=1S/C52H32N6O3/c1-3-11-45-43(9-1)55-51(60-45)33-15-20-37(21-16-33)57(49-13-5-7-27-53-49)39-24-19-35-30-42-41-26-25-40(32-48(41)59-47(42)31-36(35)29-39)58(50-14-6-8-28-54-50)38-22-17-34(18-23-38)52-56-44-10-2-4-12-46(44)61-52/h1-32H. The zero-order valence-corrected chi connectivity index (χ0v) is 32.4. The summed E-state index contributed by atoms with van der Waals surface area (Å²) in [6.45, 7) is 0. The van der Waals surface area contributed by atoms with Gasteiger partial charge in [0.2, 0.25) is 11.8 Å². The van der Waals surface area contributed by atoms with Gasteiger partial charge in [0.1, 0.15) is 33.8 Å². The van der Waals surface area contributed by atoms with Crippen molar-refractivity contribution in [2.24, 2.45) is 0 Å². The van der Waals surface area contributed by atoms with Crippen molar-refractivity contribution in [1.29, 1.82) is 0 Å². The highest BCUT2D eigenvalue weighted by molar-refractivity contribution is 6.11. The van der Waals surface area contributed by atoms with Crippen LogP contribution in [0.5, 0.6) is 0 Å². The summed E-state index contributed by atoms with van der Waals surface area (Å²) >= 11 is 0. The molecule has 5 heterocycles. The van der Waals surface area contributed by atoms with Gasteiger partial charge in [0, 0.05) is 57.4 Å². The number of para-hydroxylation sites is 4. The minimum absolute atomic E-state index is 0.580. The number of pyridine rings is 2. The van der Waals surface area contributed by atoms with Gasteiger partial charge in [0.05, 0.1) is 5.69 Å². The van der Waals surface area contributed by atoms with Crippen LogP contribution >= 0.6 is 0 Å². The number of benzene rings is 7. The van der Waals surface area contributed by atoms with E-state index in [-0.39, 0.29) is 0 Å². The molecule has 288 valence electrons. The Balaban J connectivity index is 0.903. The molecule has 0 saturated heterocycles. The second-order valence-electron chi connectivity index (χ2n) is 14.8. The molecule has 0 saturated carbocycles. The van der Waals surface area contributed by atoms with Gasteiger partial charge >= 0.3 is 0 Å². The van der Waals surface area contributed by atoms with Gasteiger partial charge in [-0.1, -0.05) is 42.5 Å². The maximum absolute atomic E-state index is 6.67. The number of aromatic nitrogens is 4. The molecular formula is C52H32N6O3. The molecule has 7 aromatic carbocycles. The third-order valence-corrected chi connectivity index (χ3v) is 11.0. The van der Waals surface area contributed by atoms with Crippen LogP contribution < -0.4 is 9.80 Å². The number of fused-ring (bicyclic) bond motifs is 6. The molecule has 9 nitrogen and oxygen atoms in total. The van der Waals surface area contributed by atoms with E-state index in [1.54, 1.807) is 6.20 Å². The average Bonchev–Trinajstić information content (AvgIpc) is 4.05. The van der Waals surface area contributed by atoms with E-state index in [1.165, 1.54) is 0 Å². The first-order valence-corrected chi connectivity index (χ1v) is 19.9. The molecule has 0 spiro atoms. The van der Waals surface area contributed by atoms with Gasteiger partial charge in [-0.25, -0.2) is 19.9 Å². The van der Waals surface area contributed by atoms with Crippen LogP contribution in [0, 0.1) is 0 Å². The molecule has 0 aliphatic rings. The van der Waals surface area contributed by atoms with E-state index in [9.17, 15) is 0 Å². The van der Waals surface area contributed by atoms with E-state index >= 15 is 0 Å². The van der Waals surface area contributed by atoms with Crippen molar-refractivity contribution < 1.29 is 13.3 Å². The van der Waals surface area contributed by atoms with Gasteiger partial charge < -0.3 is 13.3 Å². The normalized spacial score (nSPS) is 11.6. The fourth-order valence-corrected chi connectivity index (χ4v) is 8.07. The molecule has 61 heavy (non-hydrogen) atoms. The van der Waals surface area contributed by atoms with Crippen LogP contribution in [0.2, 0.25) is 0 Å². The number of furan rings is 1. The molecule has 0 unspecified atom stereocenters. The van der Waals surface area contributed by atoms with Crippen LogP contribution in [0.4, 0.5) is 34.4 Å². The quantitative estimate of drug-likeness (QED) is 0.149. The summed E-state index contributed by atoms with van der Waals surface area (Å²) in [6, 6.07) is 61.0. The third-order valence-electron chi connectivity index (χ3n) is 11.0. The molecule has 0 N–H and O–H groups in total. The molecule has 0 aliphatic carbocycles. The Morgan fingerprint density at radius 1 is 0.344 bits per heavy atom. The lowest BCUT2D eigenvalue weighted by atomic mass is 10.0. The summed E-state index contributed by atoms with van der Waals surface area (Å²) in [5.41, 5.74) is 10.3. The minimum atomic E-state index is 0.580. The van der Waals surface area contributed by atoms with Gasteiger partial charge in [-0.15, -0.1) is 0 Å². The van der Waals surface area contributed by atoms with Gasteiger partial charge in [0.25, 0.3) is 0 Å². The number of nitrogens with zero attached hydrogens (tertiary/aromatic N) is 6. The molecule has 9 heteroatoms. The highest BCUT2D eigenvalue weighted by atomic mass is 16.4. The van der Waals surface area contributed by atoms with Crippen molar-refractivity contribution in [2.75, 3.05) is 9.80 Å². The Morgan fingerprint density at radius 2 is 0.852 bits per heavy atom. The zero-order valence-electron chi connectivity index (χ0n) is 32.4. The molecule has 12 rings (SSSR count). The van der Waals surface area contributed by atoms with Gasteiger partial charge in [-0.2, -0.15) is 0 Å². The first-order valence-electron chi connectivity index (χ1n) is 19.9. The van der Waals surface area contributed by atoms with E-state index < -0.39 is 0 Å². The Morgan fingerprint density at radius 3 is 1.41 bits per heavy atom. The summed E-state index contributed by atoms with van der Waals surface area (Å²) < 4.78 is 18.8. The van der Waals surface area contributed by atoms with E-state index in [0.29, 0.717) is 11.8 Å². The lowest BCUT2D eigenvalue weighted by Gasteiger charge is -2.24. The van der Waals surface area contributed by atoms with E-state index in [4.69, 9.17) is 33.2 Å². The van der Waals surface area contributed by atoms with Gasteiger partial charge in [0.15, 0.2) is 11.2 Å². The topological polar surface area (TPSA) is 97.5 Å². The van der Waals surface area contributed by atoms with Crippen molar-refractivity contribution in [2.45, 2.75) is 0 Å². The maximum atomic E-state index is 6.67. The summed E-state index contributed by atoms with van der Waals surface area (Å²) in [5.74, 6) is 2.74. The lowest BCUT2D eigenvalue weighted by Crippen LogP contribution is -2.11. The number of hydrogen-bond donors (Lipinski definition) is 0. The molecule has 0 atom stereocenters. The van der Waals surface area contributed by atoms with Crippen LogP contribution in [-0.2, 0) is 0 Å². The Hall–Kier alpha value is -8.56. The molecule has 0 amide bonds. The molecule has 0 fully saturated rings. The van der Waals surface area contributed by atoms with Crippen molar-refractivity contribution in [1.82, 2.24) is 19.9 Å². The maximum Gasteiger partial charge on any atom is 0.227 e. The first-order chi connectivity index (χ1) is 30.2. The van der Waals surface area contributed by atoms with Gasteiger partial charge in [-0.3, -0.25) is 9.80 Å². The fourth-order valence-electron chi connectivity index (χ4n) is 8.07. The van der Waals surface area contributed by atoms with Crippen molar-refractivity contribution in [3.63, 3.8) is 0 Å². The van der Waals surface area contributed by atoms with Crippen LogP contribution in [0.25, 0.3) is 77.8 Å². The highest BCUT2D eigenvalue weighted by Crippen LogP contribution is 2.41. The lowest BCUT2D eigenvalue weighted by molar-refractivity contribution is 0.619. The van der Waals surface area contributed by atoms with Crippen LogP contribution in [-0.4, -0.2) is 19.9 Å². The summed E-state index contributed by atoms with van der Waals surface area (Å²) in [4.78, 5) is 23.2. The third kappa shape index (κ3) is 6.11. The number of oxazole rings is 2. The van der Waals surface area contributed by atoms with Crippen molar-refractivity contribution >= 4 is 89.3 Å². The van der Waals surface area contributed by atoms with Gasteiger partial charge in [-0.05, 0) is 144 Å². The SMILES string of the molecule is c1ccc(N(c2ccc(-c3nc4ccccc4o3)cc2)c2ccc3cc4c(cc3c2)oc2cc(N(c3ccc(-c5nc6ccccc6o5)cc3)c3ccccn3)ccc24)nc1. The number of anilines is 6. The van der Waals surface area contributed by atoms with Crippen molar-refractivity contribution in [3.05, 3.63) is 194 Å². The predicted octanol–water partition coefficient (Wildman–Crippen LogP) is 14.1. The average molecular weight is 789 g/mol. The second kappa shape index (κ2) is 14.1. The Bertz CT molecular complexity index is 3310. The molecule has 12 aromatic rings. The van der Waals surface area contributed by atoms with E-state index in [2.05, 4.69) is 82.6 Å². The Kier molecular flexibility index (Phi) is 7.95. The van der Waals surface area contributed by atoms with E-state index in [0.717, 1.165) is 100 Å². The second-order valence-corrected chi connectivity index (χ2v) is 14.8. The molecular weight excluding hydrogens is 757 g/mol. The van der Waals surface area contributed by atoms with Crippen LogP contribution in [0.1, 0.15) is 0 Å². The molecule has 0 radical (unpaired) electrons. The monoisotopic (exact) mass is 788 g/mol. The predicted molar refractivity (Wildman–Crippen MR) is 242 cm³/mol. The summed E-state index contributed by atoms with van der Waals surface area (Å²) in [7, 11) is 0. The molecule has 0 bridgehead atoms. The summed E-state index contributed by atoms with van der Waals surface area (Å²) in [6.07, 6.45) is 3.62. The smallest absolute Gasteiger partial charge is 0.227 e. The fraction of sp³-hybridized carbons (Fsp3) is 0. The van der Waals surface area contributed by atoms with Crippen LogP contribution in [0.15, 0.2) is 208 Å².